The standard InChI is InChI=1S/C28H25ClF3N3O4S.CO2/c1-3-7-23(37)39-26-21(36)12-13-34-25(26)27(38)33(16(2)28(30,31)32)15-35(34)24-17-9-6-10-20(29)19(17)14-40-22-11-5-4-8-18(22)24;2-1-3/h4-6,8-13,16,24H,3,7,14-15H2,1-2H3;/t16-,24+;/m1./s1. The van der Waals surface area contributed by atoms with E-state index >= 15 is 0 Å². The van der Waals surface area contributed by atoms with E-state index in [0.29, 0.717) is 22.1 Å². The first-order valence-electron chi connectivity index (χ1n) is 13.0. The summed E-state index contributed by atoms with van der Waals surface area (Å²) in [6.07, 6.45) is -2.79. The van der Waals surface area contributed by atoms with Gasteiger partial charge in [-0.1, -0.05) is 48.9 Å². The topological polar surface area (TPSA) is 106 Å². The molecule has 0 saturated carbocycles. The first-order valence-corrected chi connectivity index (χ1v) is 14.4. The molecule has 0 spiro atoms. The summed E-state index contributed by atoms with van der Waals surface area (Å²) in [5.74, 6) is -1.91. The van der Waals surface area contributed by atoms with Gasteiger partial charge in [0.15, 0.2) is 5.69 Å². The second-order valence-corrected chi connectivity index (χ2v) is 11.0. The number of halogens is 4. The quantitative estimate of drug-likeness (QED) is 0.347. The van der Waals surface area contributed by atoms with Crippen molar-refractivity contribution >= 4 is 41.4 Å². The number of rotatable bonds is 5. The fourth-order valence-corrected chi connectivity index (χ4v) is 6.42. The third-order valence-electron chi connectivity index (χ3n) is 7.02. The predicted molar refractivity (Wildman–Crippen MR) is 150 cm³/mol. The Hall–Kier alpha value is -4.06. The van der Waals surface area contributed by atoms with Gasteiger partial charge in [0, 0.05) is 34.4 Å². The van der Waals surface area contributed by atoms with Gasteiger partial charge in [0.1, 0.15) is 12.7 Å². The van der Waals surface area contributed by atoms with Gasteiger partial charge >= 0.3 is 18.3 Å². The Labute approximate surface area is 253 Å². The van der Waals surface area contributed by atoms with E-state index in [4.69, 9.17) is 25.9 Å². The number of benzene rings is 2. The Balaban J connectivity index is 0.00000135. The monoisotopic (exact) mass is 635 g/mol. The molecule has 226 valence electrons. The highest BCUT2D eigenvalue weighted by molar-refractivity contribution is 7.98. The van der Waals surface area contributed by atoms with Crippen molar-refractivity contribution in [3.8, 4) is 5.75 Å². The van der Waals surface area contributed by atoms with E-state index in [1.807, 2.05) is 30.3 Å². The highest BCUT2D eigenvalue weighted by atomic mass is 35.5. The number of thioether (sulfide) groups is 1. The van der Waals surface area contributed by atoms with Gasteiger partial charge in [0.25, 0.3) is 5.91 Å². The van der Waals surface area contributed by atoms with Crippen LogP contribution in [0, 0.1) is 0 Å². The summed E-state index contributed by atoms with van der Waals surface area (Å²) in [4.78, 5) is 56.8. The van der Waals surface area contributed by atoms with Crippen LogP contribution >= 0.6 is 23.4 Å². The zero-order valence-electron chi connectivity index (χ0n) is 22.9. The number of pyridine rings is 1. The number of alkyl halides is 3. The molecule has 9 nitrogen and oxygen atoms in total. The zero-order valence-corrected chi connectivity index (χ0v) is 24.5. The minimum atomic E-state index is -4.75. The number of esters is 1. The third-order valence-corrected chi connectivity index (χ3v) is 8.49. The highest BCUT2D eigenvalue weighted by Crippen LogP contribution is 2.45. The SMILES string of the molecule is CCCC(=O)Oc1c2n(ccc1=O)N([C@@H]1c3ccccc3SCc3c(Cl)cccc31)CN([C@H](C)C(F)(F)F)C2=O.O=C=O. The number of ether oxygens (including phenoxy) is 1. The second kappa shape index (κ2) is 13.1. The molecule has 2 aliphatic rings. The summed E-state index contributed by atoms with van der Waals surface area (Å²) in [7, 11) is 0. The van der Waals surface area contributed by atoms with Crippen LogP contribution in [0.3, 0.4) is 0 Å². The molecule has 3 heterocycles. The van der Waals surface area contributed by atoms with Gasteiger partial charge in [-0.15, -0.1) is 11.8 Å². The van der Waals surface area contributed by atoms with Crippen molar-refractivity contribution in [1.82, 2.24) is 9.58 Å². The average molecular weight is 636 g/mol. The largest absolute Gasteiger partial charge is 0.420 e. The second-order valence-electron chi connectivity index (χ2n) is 9.62. The van der Waals surface area contributed by atoms with Crippen LogP contribution in [0.2, 0.25) is 5.02 Å². The molecule has 3 aromatic rings. The van der Waals surface area contributed by atoms with Crippen LogP contribution < -0.4 is 15.2 Å². The summed E-state index contributed by atoms with van der Waals surface area (Å²) in [5.41, 5.74) is 1.10. The molecular weight excluding hydrogens is 611 g/mol. The van der Waals surface area contributed by atoms with E-state index in [2.05, 4.69) is 0 Å². The van der Waals surface area contributed by atoms with Crippen molar-refractivity contribution in [3.05, 3.63) is 92.4 Å². The lowest BCUT2D eigenvalue weighted by Gasteiger charge is -2.46. The molecule has 14 heteroatoms. The number of hydrogen-bond acceptors (Lipinski definition) is 8. The Morgan fingerprint density at radius 1 is 1.12 bits per heavy atom. The molecule has 1 aromatic heterocycles. The van der Waals surface area contributed by atoms with Gasteiger partial charge in [-0.25, -0.2) is 0 Å². The van der Waals surface area contributed by atoms with Gasteiger partial charge in [-0.3, -0.25) is 24.1 Å². The van der Waals surface area contributed by atoms with Gasteiger partial charge < -0.3 is 9.64 Å². The Morgan fingerprint density at radius 3 is 2.47 bits per heavy atom. The maximum Gasteiger partial charge on any atom is 0.408 e. The summed E-state index contributed by atoms with van der Waals surface area (Å²) >= 11 is 8.15. The zero-order chi connectivity index (χ0) is 31.5. The van der Waals surface area contributed by atoms with Crippen molar-refractivity contribution in [2.24, 2.45) is 0 Å². The molecule has 5 rings (SSSR count). The van der Waals surface area contributed by atoms with E-state index in [-0.39, 0.29) is 12.6 Å². The smallest absolute Gasteiger partial charge is 0.408 e. The molecule has 1 amide bonds. The summed E-state index contributed by atoms with van der Waals surface area (Å²) in [6, 6.07) is 11.1. The van der Waals surface area contributed by atoms with E-state index in [1.54, 1.807) is 35.8 Å². The van der Waals surface area contributed by atoms with Crippen LogP contribution in [-0.4, -0.2) is 46.5 Å². The van der Waals surface area contributed by atoms with Crippen LogP contribution in [0.1, 0.15) is 59.9 Å². The molecule has 0 unspecified atom stereocenters. The lowest BCUT2D eigenvalue weighted by Crippen LogP contribution is -2.60. The Morgan fingerprint density at radius 2 is 1.79 bits per heavy atom. The summed E-state index contributed by atoms with van der Waals surface area (Å²) in [6.45, 7) is 2.16. The summed E-state index contributed by atoms with van der Waals surface area (Å²) < 4.78 is 48.8. The molecule has 0 fully saturated rings. The summed E-state index contributed by atoms with van der Waals surface area (Å²) in [5, 5.41) is 2.08. The van der Waals surface area contributed by atoms with Gasteiger partial charge in [-0.05, 0) is 42.2 Å². The molecule has 0 aliphatic carbocycles. The molecule has 0 saturated heterocycles. The van der Waals surface area contributed by atoms with Crippen molar-refractivity contribution in [2.45, 2.75) is 55.6 Å². The van der Waals surface area contributed by atoms with Crippen LogP contribution in [0.15, 0.2) is 64.4 Å². The maximum absolute atomic E-state index is 14.1. The van der Waals surface area contributed by atoms with E-state index in [0.717, 1.165) is 34.6 Å². The lowest BCUT2D eigenvalue weighted by molar-refractivity contribution is -0.191. The third kappa shape index (κ3) is 6.34. The van der Waals surface area contributed by atoms with Crippen LogP contribution in [0.25, 0.3) is 0 Å². The molecule has 43 heavy (non-hydrogen) atoms. The molecule has 0 radical (unpaired) electrons. The molecule has 2 atom stereocenters. The van der Waals surface area contributed by atoms with Crippen molar-refractivity contribution in [3.63, 3.8) is 0 Å². The van der Waals surface area contributed by atoms with E-state index < -0.39 is 53.7 Å². The van der Waals surface area contributed by atoms with E-state index in [9.17, 15) is 27.6 Å². The molecule has 0 N–H and O–H groups in total. The van der Waals surface area contributed by atoms with Crippen molar-refractivity contribution in [2.75, 3.05) is 11.7 Å². The van der Waals surface area contributed by atoms with Crippen molar-refractivity contribution in [1.29, 1.82) is 0 Å². The van der Waals surface area contributed by atoms with Gasteiger partial charge in [-0.2, -0.15) is 22.8 Å². The minimum absolute atomic E-state index is 0.0343. The van der Waals surface area contributed by atoms with Gasteiger partial charge in [0.05, 0.1) is 6.04 Å². The highest BCUT2D eigenvalue weighted by Gasteiger charge is 2.48. The average Bonchev–Trinajstić information content (AvgIpc) is 3.12. The molecule has 0 bridgehead atoms. The molecule has 2 aromatic carbocycles. The Kier molecular flexibility index (Phi) is 9.69. The fraction of sp³-hybridized carbons (Fsp3) is 0.310. The molecular formula is C29H25ClF3N3O6S. The van der Waals surface area contributed by atoms with Crippen molar-refractivity contribution < 1.29 is 37.1 Å². The minimum Gasteiger partial charge on any atom is -0.420 e. The number of fused-ring (bicyclic) bond motifs is 3. The molecule has 2 aliphatic heterocycles. The van der Waals surface area contributed by atoms with E-state index in [1.165, 1.54) is 10.9 Å². The number of amides is 1. The van der Waals surface area contributed by atoms with Crippen LogP contribution in [0.5, 0.6) is 5.75 Å². The number of aromatic nitrogens is 1. The predicted octanol–water partition coefficient (Wildman–Crippen LogP) is 5.32. The lowest BCUT2D eigenvalue weighted by atomic mass is 9.94. The van der Waals surface area contributed by atoms with Gasteiger partial charge in [0.2, 0.25) is 11.2 Å². The van der Waals surface area contributed by atoms with Crippen LogP contribution in [0.4, 0.5) is 13.2 Å². The first-order chi connectivity index (χ1) is 20.4. The number of carbonyl (C=O) groups excluding carboxylic acids is 4. The maximum atomic E-state index is 14.1. The fourth-order valence-electron chi connectivity index (χ4n) is 4.95. The first kappa shape index (κ1) is 31.9. The Bertz CT molecular complexity index is 1640. The van der Waals surface area contributed by atoms with Crippen LogP contribution in [-0.2, 0) is 20.1 Å². The number of carbonyl (C=O) groups is 2. The normalized spacial score (nSPS) is 16.4. The number of nitrogens with zero attached hydrogens (tertiary/aromatic N) is 3. The number of hydrogen-bond donors (Lipinski definition) is 0.